The van der Waals surface area contributed by atoms with E-state index < -0.39 is 18.8 Å². The molecule has 2 saturated heterocycles. The van der Waals surface area contributed by atoms with Crippen molar-refractivity contribution in [2.24, 2.45) is 10.4 Å². The Balaban J connectivity index is 0.00000264. The van der Waals surface area contributed by atoms with Crippen molar-refractivity contribution in [3.05, 3.63) is 0 Å². The number of aliphatic hydroxyl groups excluding tert-OH is 1. The molecule has 2 atom stereocenters. The van der Waals surface area contributed by atoms with Gasteiger partial charge >= 0.3 is 6.18 Å². The fraction of sp³-hybridized carbons (Fsp3) is 0.929. The molecule has 2 fully saturated rings. The molecule has 2 unspecified atom stereocenters. The van der Waals surface area contributed by atoms with Crippen molar-refractivity contribution in [3.63, 3.8) is 0 Å². The SMILES string of the molecule is CN=C(NCC(O)C(F)(F)F)N1CCCC2(CCCOC2)C1.I. The molecule has 136 valence electrons. The van der Waals surface area contributed by atoms with Gasteiger partial charge in [0.25, 0.3) is 0 Å². The highest BCUT2D eigenvalue weighted by atomic mass is 127. The van der Waals surface area contributed by atoms with E-state index in [1.165, 1.54) is 0 Å². The van der Waals surface area contributed by atoms with E-state index in [-0.39, 0.29) is 29.4 Å². The van der Waals surface area contributed by atoms with E-state index in [1.807, 2.05) is 4.90 Å². The number of guanidine groups is 1. The number of likely N-dealkylation sites (tertiary alicyclic amines) is 1. The Morgan fingerprint density at radius 3 is 2.65 bits per heavy atom. The lowest BCUT2D eigenvalue weighted by molar-refractivity contribution is -0.201. The molecule has 23 heavy (non-hydrogen) atoms. The van der Waals surface area contributed by atoms with Crippen LogP contribution in [-0.4, -0.2) is 68.1 Å². The largest absolute Gasteiger partial charge is 0.416 e. The maximum atomic E-state index is 12.4. The molecule has 0 aliphatic carbocycles. The zero-order chi connectivity index (χ0) is 16.2. The van der Waals surface area contributed by atoms with Crippen LogP contribution in [0.25, 0.3) is 0 Å². The summed E-state index contributed by atoms with van der Waals surface area (Å²) in [7, 11) is 1.54. The molecule has 0 saturated carbocycles. The molecule has 2 heterocycles. The summed E-state index contributed by atoms with van der Waals surface area (Å²) < 4.78 is 42.7. The van der Waals surface area contributed by atoms with Gasteiger partial charge in [0.2, 0.25) is 0 Å². The molecule has 0 aromatic heterocycles. The van der Waals surface area contributed by atoms with Crippen LogP contribution in [0.15, 0.2) is 4.99 Å². The average Bonchev–Trinajstić information content (AvgIpc) is 2.47. The van der Waals surface area contributed by atoms with Crippen LogP contribution < -0.4 is 5.32 Å². The highest BCUT2D eigenvalue weighted by Gasteiger charge is 2.40. The van der Waals surface area contributed by atoms with Crippen LogP contribution in [0.3, 0.4) is 0 Å². The van der Waals surface area contributed by atoms with Gasteiger partial charge in [-0.1, -0.05) is 0 Å². The second kappa shape index (κ2) is 8.70. The number of halogens is 4. The fourth-order valence-electron chi connectivity index (χ4n) is 3.26. The number of aliphatic hydroxyl groups is 1. The van der Waals surface area contributed by atoms with Gasteiger partial charge in [0.05, 0.1) is 13.2 Å². The van der Waals surface area contributed by atoms with Gasteiger partial charge in [-0.3, -0.25) is 4.99 Å². The quantitative estimate of drug-likeness (QED) is 0.383. The van der Waals surface area contributed by atoms with E-state index in [9.17, 15) is 13.2 Å². The Morgan fingerprint density at radius 1 is 1.39 bits per heavy atom. The summed E-state index contributed by atoms with van der Waals surface area (Å²) in [6, 6.07) is 0. The monoisotopic (exact) mass is 451 g/mol. The smallest absolute Gasteiger partial charge is 0.382 e. The minimum atomic E-state index is -4.62. The first kappa shape index (κ1) is 20.8. The molecule has 9 heteroatoms. The molecule has 0 aromatic carbocycles. The average molecular weight is 451 g/mol. The normalized spacial score (nSPS) is 27.5. The summed E-state index contributed by atoms with van der Waals surface area (Å²) in [5.74, 6) is 0.410. The van der Waals surface area contributed by atoms with Crippen molar-refractivity contribution in [2.75, 3.05) is 39.9 Å². The zero-order valence-electron chi connectivity index (χ0n) is 13.2. The molecule has 0 bridgehead atoms. The summed E-state index contributed by atoms with van der Waals surface area (Å²) in [4.78, 5) is 6.03. The molecular weight excluding hydrogens is 426 g/mol. The topological polar surface area (TPSA) is 57.1 Å². The van der Waals surface area contributed by atoms with Crippen LogP contribution in [0.4, 0.5) is 13.2 Å². The van der Waals surface area contributed by atoms with Gasteiger partial charge < -0.3 is 20.1 Å². The number of hydrogen-bond donors (Lipinski definition) is 2. The van der Waals surface area contributed by atoms with Gasteiger partial charge in [-0.05, 0) is 25.7 Å². The number of piperidine rings is 1. The number of aliphatic imine (C=N–C) groups is 1. The van der Waals surface area contributed by atoms with Crippen LogP contribution in [0.5, 0.6) is 0 Å². The number of ether oxygens (including phenoxy) is 1. The van der Waals surface area contributed by atoms with Crippen LogP contribution in [0, 0.1) is 5.41 Å². The molecule has 5 nitrogen and oxygen atoms in total. The third kappa shape index (κ3) is 5.63. The van der Waals surface area contributed by atoms with Crippen molar-refractivity contribution in [3.8, 4) is 0 Å². The van der Waals surface area contributed by atoms with E-state index in [2.05, 4.69) is 10.3 Å². The predicted octanol–water partition coefficient (Wildman–Crippen LogP) is 2.00. The van der Waals surface area contributed by atoms with Crippen LogP contribution in [-0.2, 0) is 4.74 Å². The standard InChI is InChI=1S/C14H24F3N3O2.HI/c1-18-12(19-8-11(21)14(15,16)17)20-6-2-4-13(9-20)5-3-7-22-10-13;/h11,21H,2-10H2,1H3,(H,18,19);1H. The molecule has 2 rings (SSSR count). The minimum absolute atomic E-state index is 0. The van der Waals surface area contributed by atoms with Crippen LogP contribution in [0.1, 0.15) is 25.7 Å². The Hall–Kier alpha value is -0.290. The van der Waals surface area contributed by atoms with E-state index in [0.717, 1.165) is 45.4 Å². The predicted molar refractivity (Wildman–Crippen MR) is 92.1 cm³/mol. The summed E-state index contributed by atoms with van der Waals surface area (Å²) in [5, 5.41) is 11.7. The molecule has 2 aliphatic heterocycles. The first-order valence-electron chi connectivity index (χ1n) is 7.64. The van der Waals surface area contributed by atoms with Gasteiger partial charge in [-0.2, -0.15) is 13.2 Å². The first-order valence-corrected chi connectivity index (χ1v) is 7.64. The van der Waals surface area contributed by atoms with Gasteiger partial charge in [-0.15, -0.1) is 24.0 Å². The molecule has 0 radical (unpaired) electrons. The van der Waals surface area contributed by atoms with Crippen molar-refractivity contribution in [1.82, 2.24) is 10.2 Å². The number of hydrogen-bond acceptors (Lipinski definition) is 3. The Morgan fingerprint density at radius 2 is 2.09 bits per heavy atom. The maximum absolute atomic E-state index is 12.4. The summed E-state index contributed by atoms with van der Waals surface area (Å²) in [5.41, 5.74) is 0.0801. The molecule has 2 N–H and O–H groups in total. The fourth-order valence-corrected chi connectivity index (χ4v) is 3.26. The summed E-state index contributed by atoms with van der Waals surface area (Å²) in [6.45, 7) is 2.38. The van der Waals surface area contributed by atoms with E-state index in [4.69, 9.17) is 9.84 Å². The summed E-state index contributed by atoms with van der Waals surface area (Å²) >= 11 is 0. The molecular formula is C14H25F3IN3O2. The number of nitrogens with one attached hydrogen (secondary N) is 1. The molecule has 0 aromatic rings. The third-order valence-corrected chi connectivity index (χ3v) is 4.41. The van der Waals surface area contributed by atoms with E-state index in [1.54, 1.807) is 7.05 Å². The third-order valence-electron chi connectivity index (χ3n) is 4.41. The molecule has 2 aliphatic rings. The van der Waals surface area contributed by atoms with Gasteiger partial charge in [0.15, 0.2) is 12.1 Å². The highest BCUT2D eigenvalue weighted by Crippen LogP contribution is 2.37. The lowest BCUT2D eigenvalue weighted by atomic mass is 9.76. The second-order valence-corrected chi connectivity index (χ2v) is 6.17. The lowest BCUT2D eigenvalue weighted by Crippen LogP contribution is -2.54. The second-order valence-electron chi connectivity index (χ2n) is 6.17. The number of nitrogens with zero attached hydrogens (tertiary/aromatic N) is 2. The van der Waals surface area contributed by atoms with Gasteiger partial charge in [-0.25, -0.2) is 0 Å². The van der Waals surface area contributed by atoms with Gasteiger partial charge in [0.1, 0.15) is 0 Å². The highest BCUT2D eigenvalue weighted by molar-refractivity contribution is 14.0. The molecule has 1 spiro atoms. The molecule has 0 amide bonds. The van der Waals surface area contributed by atoms with Gasteiger partial charge in [0, 0.05) is 32.2 Å². The minimum Gasteiger partial charge on any atom is -0.382 e. The zero-order valence-corrected chi connectivity index (χ0v) is 15.6. The van der Waals surface area contributed by atoms with Crippen molar-refractivity contribution in [1.29, 1.82) is 0 Å². The summed E-state index contributed by atoms with van der Waals surface area (Å²) in [6.07, 6.45) is -2.87. The van der Waals surface area contributed by atoms with Crippen molar-refractivity contribution >= 4 is 29.9 Å². The number of rotatable bonds is 2. The maximum Gasteiger partial charge on any atom is 0.416 e. The van der Waals surface area contributed by atoms with E-state index in [0.29, 0.717) is 12.6 Å². The van der Waals surface area contributed by atoms with Crippen LogP contribution >= 0.6 is 24.0 Å². The Kier molecular flexibility index (Phi) is 7.85. The van der Waals surface area contributed by atoms with Crippen LogP contribution in [0.2, 0.25) is 0 Å². The Bertz CT molecular complexity index is 396. The van der Waals surface area contributed by atoms with E-state index >= 15 is 0 Å². The lowest BCUT2D eigenvalue weighted by Gasteiger charge is -2.45. The first-order chi connectivity index (χ1) is 10.4. The van der Waals surface area contributed by atoms with Crippen molar-refractivity contribution < 1.29 is 23.0 Å². The van der Waals surface area contributed by atoms with Crippen molar-refractivity contribution in [2.45, 2.75) is 38.0 Å². The Labute approximate surface area is 151 Å². The number of alkyl halides is 3.